The molecule has 5 heteroatoms. The van der Waals surface area contributed by atoms with E-state index in [1.165, 1.54) is 0 Å². The minimum atomic E-state index is -0.959. The van der Waals surface area contributed by atoms with Crippen molar-refractivity contribution in [3.63, 3.8) is 0 Å². The standard InChI is InChI=1S/C13H21ClN2O2/c1-9(2)16-11(10(14)7-15-16)13(17)5-6-18-12(3,4)8-13/h7,9,17H,5-6,8H2,1-4H3. The molecule has 1 atom stereocenters. The largest absolute Gasteiger partial charge is 0.383 e. The number of hydrogen-bond donors (Lipinski definition) is 1. The number of halogens is 1. The highest BCUT2D eigenvalue weighted by Crippen LogP contribution is 2.42. The predicted molar refractivity (Wildman–Crippen MR) is 70.8 cm³/mol. The molecule has 1 unspecified atom stereocenters. The molecule has 1 aromatic rings. The summed E-state index contributed by atoms with van der Waals surface area (Å²) in [6.07, 6.45) is 2.68. The van der Waals surface area contributed by atoms with Gasteiger partial charge in [0.2, 0.25) is 0 Å². The minimum Gasteiger partial charge on any atom is -0.383 e. The average Bonchev–Trinajstić information content (AvgIpc) is 2.58. The molecular weight excluding hydrogens is 252 g/mol. The lowest BCUT2D eigenvalue weighted by atomic mass is 9.82. The zero-order valence-electron chi connectivity index (χ0n) is 11.4. The Morgan fingerprint density at radius 3 is 2.72 bits per heavy atom. The lowest BCUT2D eigenvalue weighted by Crippen LogP contribution is -2.45. The monoisotopic (exact) mass is 272 g/mol. The summed E-state index contributed by atoms with van der Waals surface area (Å²) >= 11 is 6.22. The summed E-state index contributed by atoms with van der Waals surface area (Å²) in [4.78, 5) is 0. The summed E-state index contributed by atoms with van der Waals surface area (Å²) in [6, 6.07) is 0.169. The van der Waals surface area contributed by atoms with E-state index in [0.717, 1.165) is 5.69 Å². The second kappa shape index (κ2) is 4.51. The molecule has 1 aromatic heterocycles. The number of ether oxygens (including phenoxy) is 1. The minimum absolute atomic E-state index is 0.169. The van der Waals surface area contributed by atoms with Gasteiger partial charge in [0, 0.05) is 18.9 Å². The van der Waals surface area contributed by atoms with Crippen molar-refractivity contribution in [2.45, 2.75) is 57.8 Å². The Morgan fingerprint density at radius 2 is 2.17 bits per heavy atom. The first kappa shape index (κ1) is 13.8. The highest BCUT2D eigenvalue weighted by atomic mass is 35.5. The molecule has 0 radical (unpaired) electrons. The molecule has 0 amide bonds. The van der Waals surface area contributed by atoms with Crippen molar-refractivity contribution in [1.29, 1.82) is 0 Å². The molecule has 1 N–H and O–H groups in total. The van der Waals surface area contributed by atoms with Crippen molar-refractivity contribution in [3.8, 4) is 0 Å². The maximum Gasteiger partial charge on any atom is 0.113 e. The molecule has 4 nitrogen and oxygen atoms in total. The molecule has 2 rings (SSSR count). The summed E-state index contributed by atoms with van der Waals surface area (Å²) < 4.78 is 7.48. The lowest BCUT2D eigenvalue weighted by molar-refractivity contribution is -0.151. The Morgan fingerprint density at radius 1 is 1.50 bits per heavy atom. The summed E-state index contributed by atoms with van der Waals surface area (Å²) in [5, 5.41) is 15.8. The van der Waals surface area contributed by atoms with Crippen LogP contribution in [-0.2, 0) is 10.3 Å². The highest BCUT2D eigenvalue weighted by Gasteiger charge is 2.44. The molecule has 0 bridgehead atoms. The normalized spacial score (nSPS) is 27.7. The molecule has 0 saturated carbocycles. The first-order valence-electron chi connectivity index (χ1n) is 6.35. The van der Waals surface area contributed by atoms with Crippen LogP contribution in [0.3, 0.4) is 0 Å². The highest BCUT2D eigenvalue weighted by molar-refractivity contribution is 6.31. The van der Waals surface area contributed by atoms with E-state index >= 15 is 0 Å². The second-order valence-corrected chi connectivity index (χ2v) is 6.35. The summed E-state index contributed by atoms with van der Waals surface area (Å²) in [7, 11) is 0. The molecule has 0 spiro atoms. The quantitative estimate of drug-likeness (QED) is 0.901. The Kier molecular flexibility index (Phi) is 3.47. The van der Waals surface area contributed by atoms with Crippen LogP contribution in [0.5, 0.6) is 0 Å². The van der Waals surface area contributed by atoms with Crippen LogP contribution in [0.1, 0.15) is 52.3 Å². The van der Waals surface area contributed by atoms with Gasteiger partial charge in [-0.3, -0.25) is 4.68 Å². The van der Waals surface area contributed by atoms with E-state index < -0.39 is 5.60 Å². The van der Waals surface area contributed by atoms with E-state index in [9.17, 15) is 5.11 Å². The summed E-state index contributed by atoms with van der Waals surface area (Å²) in [5.41, 5.74) is -0.585. The fraction of sp³-hybridized carbons (Fsp3) is 0.769. The Labute approximate surface area is 113 Å². The van der Waals surface area contributed by atoms with Crippen LogP contribution in [0.2, 0.25) is 5.02 Å². The van der Waals surface area contributed by atoms with Gasteiger partial charge in [-0.2, -0.15) is 5.10 Å². The van der Waals surface area contributed by atoms with Crippen molar-refractivity contribution in [3.05, 3.63) is 16.9 Å². The fourth-order valence-electron chi connectivity index (χ4n) is 2.71. The van der Waals surface area contributed by atoms with Crippen molar-refractivity contribution in [2.75, 3.05) is 6.61 Å². The SMILES string of the molecule is CC(C)n1ncc(Cl)c1C1(O)CCOC(C)(C)C1. The van der Waals surface area contributed by atoms with Gasteiger partial charge in [-0.1, -0.05) is 11.6 Å². The van der Waals surface area contributed by atoms with Gasteiger partial charge in [0.15, 0.2) is 0 Å². The maximum atomic E-state index is 11.0. The first-order chi connectivity index (χ1) is 8.25. The van der Waals surface area contributed by atoms with E-state index in [2.05, 4.69) is 5.10 Å². The average molecular weight is 273 g/mol. The lowest BCUT2D eigenvalue weighted by Gasteiger charge is -2.42. The van der Waals surface area contributed by atoms with E-state index in [-0.39, 0.29) is 11.6 Å². The van der Waals surface area contributed by atoms with Gasteiger partial charge in [-0.25, -0.2) is 0 Å². The molecule has 1 fully saturated rings. The zero-order chi connectivity index (χ0) is 13.6. The molecule has 2 heterocycles. The van der Waals surface area contributed by atoms with Crippen LogP contribution in [-0.4, -0.2) is 27.1 Å². The summed E-state index contributed by atoms with van der Waals surface area (Å²) in [5.74, 6) is 0. The van der Waals surface area contributed by atoms with Gasteiger partial charge in [0.1, 0.15) is 5.60 Å². The topological polar surface area (TPSA) is 47.3 Å². The van der Waals surface area contributed by atoms with Gasteiger partial charge in [-0.15, -0.1) is 0 Å². The molecule has 1 saturated heterocycles. The molecular formula is C13H21ClN2O2. The second-order valence-electron chi connectivity index (χ2n) is 5.95. The first-order valence-corrected chi connectivity index (χ1v) is 6.73. The number of rotatable bonds is 2. The third kappa shape index (κ3) is 2.42. The third-order valence-electron chi connectivity index (χ3n) is 3.41. The molecule has 0 aromatic carbocycles. The van der Waals surface area contributed by atoms with E-state index in [1.54, 1.807) is 6.20 Å². The van der Waals surface area contributed by atoms with Crippen LogP contribution in [0.25, 0.3) is 0 Å². The van der Waals surface area contributed by atoms with E-state index in [4.69, 9.17) is 16.3 Å². The molecule has 102 valence electrons. The van der Waals surface area contributed by atoms with Crippen LogP contribution >= 0.6 is 11.6 Å². The van der Waals surface area contributed by atoms with Gasteiger partial charge in [0.05, 0.1) is 29.1 Å². The van der Waals surface area contributed by atoms with Gasteiger partial charge in [-0.05, 0) is 27.7 Å². The van der Waals surface area contributed by atoms with Gasteiger partial charge >= 0.3 is 0 Å². The summed E-state index contributed by atoms with van der Waals surface area (Å²) in [6.45, 7) is 8.56. The third-order valence-corrected chi connectivity index (χ3v) is 3.68. The van der Waals surface area contributed by atoms with E-state index in [1.807, 2.05) is 32.4 Å². The van der Waals surface area contributed by atoms with Crippen LogP contribution in [0, 0.1) is 0 Å². The number of aromatic nitrogens is 2. The van der Waals surface area contributed by atoms with Crippen LogP contribution in [0.15, 0.2) is 6.20 Å². The Bertz CT molecular complexity index is 442. The van der Waals surface area contributed by atoms with Crippen molar-refractivity contribution >= 4 is 11.6 Å². The number of aliphatic hydroxyl groups is 1. The van der Waals surface area contributed by atoms with Crippen molar-refractivity contribution in [1.82, 2.24) is 9.78 Å². The molecule has 1 aliphatic rings. The van der Waals surface area contributed by atoms with Crippen molar-refractivity contribution < 1.29 is 9.84 Å². The number of nitrogens with zero attached hydrogens (tertiary/aromatic N) is 2. The molecule has 0 aliphatic carbocycles. The Hall–Kier alpha value is -0.580. The molecule has 18 heavy (non-hydrogen) atoms. The van der Waals surface area contributed by atoms with Crippen molar-refractivity contribution in [2.24, 2.45) is 0 Å². The van der Waals surface area contributed by atoms with E-state index in [0.29, 0.717) is 24.5 Å². The number of hydrogen-bond acceptors (Lipinski definition) is 3. The molecule has 1 aliphatic heterocycles. The van der Waals surface area contributed by atoms with Crippen LogP contribution in [0.4, 0.5) is 0 Å². The predicted octanol–water partition coefficient (Wildman–Crippen LogP) is 2.89. The fourth-order valence-corrected chi connectivity index (χ4v) is 3.02. The smallest absolute Gasteiger partial charge is 0.113 e. The van der Waals surface area contributed by atoms with Crippen LogP contribution < -0.4 is 0 Å². The zero-order valence-corrected chi connectivity index (χ0v) is 12.2. The van der Waals surface area contributed by atoms with Gasteiger partial charge in [0.25, 0.3) is 0 Å². The Balaban J connectivity index is 2.43. The maximum absolute atomic E-state index is 11.0. The van der Waals surface area contributed by atoms with Gasteiger partial charge < -0.3 is 9.84 Å².